The second-order valence-electron chi connectivity index (χ2n) is 6.11. The average molecular weight is 430 g/mol. The zero-order valence-electron chi connectivity index (χ0n) is 14.8. The monoisotopic (exact) mass is 430 g/mol. The molecular formula is C18H14F4N2O4S. The number of anilines is 1. The number of aryl methyl sites for hydroxylation is 1. The third-order valence-corrected chi connectivity index (χ3v) is 5.41. The number of fused-ring (bicyclic) bond motifs is 1. The van der Waals surface area contributed by atoms with E-state index in [1.807, 2.05) is 0 Å². The minimum Gasteiger partial charge on any atom is -0.451 e. The van der Waals surface area contributed by atoms with Crippen LogP contribution in [0.2, 0.25) is 0 Å². The standard InChI is InChI=1S/C18H14F4N2O4S/c1-10-14-8-11(19)2-7-15(14)28-16(10)17(25)24-12-3-5-13(6-4-12)29(26,27)23-9-18(20,21)22/h2-8,23H,9H2,1H3,(H,24,25). The van der Waals surface area contributed by atoms with Gasteiger partial charge in [-0.05, 0) is 49.4 Å². The smallest absolute Gasteiger partial charge is 0.402 e. The van der Waals surface area contributed by atoms with Gasteiger partial charge in [0.05, 0.1) is 4.90 Å². The van der Waals surface area contributed by atoms with E-state index in [9.17, 15) is 30.8 Å². The van der Waals surface area contributed by atoms with Crippen LogP contribution in [0.5, 0.6) is 0 Å². The van der Waals surface area contributed by atoms with E-state index in [1.54, 1.807) is 6.92 Å². The molecule has 0 radical (unpaired) electrons. The molecule has 154 valence electrons. The van der Waals surface area contributed by atoms with E-state index in [0.29, 0.717) is 16.5 Å². The summed E-state index contributed by atoms with van der Waals surface area (Å²) in [6.45, 7) is -0.109. The molecule has 0 unspecified atom stereocenters. The van der Waals surface area contributed by atoms with Gasteiger partial charge in [-0.2, -0.15) is 13.2 Å². The first-order valence-corrected chi connectivity index (χ1v) is 9.61. The summed E-state index contributed by atoms with van der Waals surface area (Å²) >= 11 is 0. The lowest BCUT2D eigenvalue weighted by Gasteiger charge is -2.10. The van der Waals surface area contributed by atoms with E-state index in [-0.39, 0.29) is 11.4 Å². The Morgan fingerprint density at radius 3 is 2.38 bits per heavy atom. The zero-order valence-corrected chi connectivity index (χ0v) is 15.6. The largest absolute Gasteiger partial charge is 0.451 e. The van der Waals surface area contributed by atoms with Gasteiger partial charge in [0.1, 0.15) is 17.9 Å². The predicted molar refractivity (Wildman–Crippen MR) is 96.5 cm³/mol. The number of hydrogen-bond donors (Lipinski definition) is 2. The van der Waals surface area contributed by atoms with Crippen molar-refractivity contribution in [3.05, 3.63) is 59.6 Å². The van der Waals surface area contributed by atoms with Gasteiger partial charge in [-0.1, -0.05) is 0 Å². The molecule has 2 N–H and O–H groups in total. The summed E-state index contributed by atoms with van der Waals surface area (Å²) in [6, 6.07) is 8.36. The molecule has 3 rings (SSSR count). The highest BCUT2D eigenvalue weighted by molar-refractivity contribution is 7.89. The number of amides is 1. The fraction of sp³-hybridized carbons (Fsp3) is 0.167. The van der Waals surface area contributed by atoms with E-state index >= 15 is 0 Å². The lowest BCUT2D eigenvalue weighted by molar-refractivity contribution is -0.121. The number of nitrogens with one attached hydrogen (secondary N) is 2. The summed E-state index contributed by atoms with van der Waals surface area (Å²) in [7, 11) is -4.36. The molecule has 0 aliphatic heterocycles. The van der Waals surface area contributed by atoms with Crippen LogP contribution in [-0.4, -0.2) is 27.0 Å². The lowest BCUT2D eigenvalue weighted by atomic mass is 10.1. The van der Waals surface area contributed by atoms with Crippen LogP contribution in [-0.2, 0) is 10.0 Å². The molecule has 29 heavy (non-hydrogen) atoms. The summed E-state index contributed by atoms with van der Waals surface area (Å²) < 4.78 is 80.6. The third kappa shape index (κ3) is 4.74. The minimum absolute atomic E-state index is 0.0471. The van der Waals surface area contributed by atoms with Crippen molar-refractivity contribution in [1.29, 1.82) is 0 Å². The number of alkyl halides is 3. The Morgan fingerprint density at radius 2 is 1.76 bits per heavy atom. The van der Waals surface area contributed by atoms with Gasteiger partial charge >= 0.3 is 6.18 Å². The number of halogens is 4. The SMILES string of the molecule is Cc1c(C(=O)Nc2ccc(S(=O)(=O)NCC(F)(F)F)cc2)oc2ccc(F)cc12. The quantitative estimate of drug-likeness (QED) is 0.600. The Bertz CT molecular complexity index is 1170. The van der Waals surface area contributed by atoms with E-state index in [0.717, 1.165) is 12.1 Å². The summed E-state index contributed by atoms with van der Waals surface area (Å²) in [4.78, 5) is 12.0. The van der Waals surface area contributed by atoms with Crippen LogP contribution in [0.25, 0.3) is 11.0 Å². The molecule has 0 spiro atoms. The number of furan rings is 1. The molecule has 11 heteroatoms. The maximum Gasteiger partial charge on any atom is 0.402 e. The highest BCUT2D eigenvalue weighted by Crippen LogP contribution is 2.27. The van der Waals surface area contributed by atoms with Gasteiger partial charge in [-0.3, -0.25) is 4.79 Å². The van der Waals surface area contributed by atoms with E-state index in [4.69, 9.17) is 4.42 Å². The zero-order chi connectivity index (χ0) is 21.4. The predicted octanol–water partition coefficient (Wildman–Crippen LogP) is 3.97. The molecule has 0 aliphatic carbocycles. The van der Waals surface area contributed by atoms with Crippen molar-refractivity contribution in [3.8, 4) is 0 Å². The van der Waals surface area contributed by atoms with Gasteiger partial charge in [0, 0.05) is 16.6 Å². The highest BCUT2D eigenvalue weighted by Gasteiger charge is 2.30. The average Bonchev–Trinajstić information content (AvgIpc) is 2.96. The summed E-state index contributed by atoms with van der Waals surface area (Å²) in [6.07, 6.45) is -4.69. The topological polar surface area (TPSA) is 88.4 Å². The Morgan fingerprint density at radius 1 is 1.10 bits per heavy atom. The van der Waals surface area contributed by atoms with Gasteiger partial charge < -0.3 is 9.73 Å². The number of sulfonamides is 1. The molecule has 3 aromatic rings. The van der Waals surface area contributed by atoms with Crippen LogP contribution in [0.1, 0.15) is 16.1 Å². The van der Waals surface area contributed by atoms with Gasteiger partial charge in [-0.15, -0.1) is 0 Å². The van der Waals surface area contributed by atoms with Crippen molar-refractivity contribution in [2.75, 3.05) is 11.9 Å². The molecule has 1 amide bonds. The fourth-order valence-electron chi connectivity index (χ4n) is 2.58. The maximum atomic E-state index is 13.4. The number of carbonyl (C=O) groups excluding carboxylic acids is 1. The van der Waals surface area contributed by atoms with Crippen LogP contribution in [0.15, 0.2) is 51.8 Å². The number of hydrogen-bond acceptors (Lipinski definition) is 4. The van der Waals surface area contributed by atoms with E-state index in [2.05, 4.69) is 5.32 Å². The molecule has 0 saturated heterocycles. The van der Waals surface area contributed by atoms with Crippen molar-refractivity contribution >= 4 is 32.6 Å². The Labute approximate surface area is 162 Å². The molecule has 0 saturated carbocycles. The Hall–Kier alpha value is -2.92. The van der Waals surface area contributed by atoms with Gasteiger partial charge in [0.15, 0.2) is 5.76 Å². The second-order valence-corrected chi connectivity index (χ2v) is 7.88. The minimum atomic E-state index is -4.69. The lowest BCUT2D eigenvalue weighted by Crippen LogP contribution is -2.33. The third-order valence-electron chi connectivity index (χ3n) is 3.99. The first-order valence-electron chi connectivity index (χ1n) is 8.13. The van der Waals surface area contributed by atoms with Crippen molar-refractivity contribution in [2.45, 2.75) is 18.0 Å². The number of carbonyl (C=O) groups is 1. The van der Waals surface area contributed by atoms with Crippen molar-refractivity contribution < 1.29 is 35.2 Å². The van der Waals surface area contributed by atoms with Crippen LogP contribution >= 0.6 is 0 Å². The van der Waals surface area contributed by atoms with Crippen molar-refractivity contribution in [2.24, 2.45) is 0 Å². The second kappa shape index (κ2) is 7.48. The highest BCUT2D eigenvalue weighted by atomic mass is 32.2. The molecule has 1 heterocycles. The van der Waals surface area contributed by atoms with Gasteiger partial charge in [0.25, 0.3) is 5.91 Å². The molecule has 0 bridgehead atoms. The van der Waals surface area contributed by atoms with E-state index in [1.165, 1.54) is 35.1 Å². The molecule has 1 aromatic heterocycles. The normalized spacial score (nSPS) is 12.3. The van der Waals surface area contributed by atoms with Crippen molar-refractivity contribution in [3.63, 3.8) is 0 Å². The molecule has 0 fully saturated rings. The number of rotatable bonds is 5. The van der Waals surface area contributed by atoms with E-state index < -0.39 is 39.4 Å². The van der Waals surface area contributed by atoms with Crippen LogP contribution < -0.4 is 10.0 Å². The van der Waals surface area contributed by atoms with Gasteiger partial charge in [-0.25, -0.2) is 17.5 Å². The van der Waals surface area contributed by atoms with Crippen molar-refractivity contribution in [1.82, 2.24) is 4.72 Å². The summed E-state index contributed by atoms with van der Waals surface area (Å²) in [5.74, 6) is -1.18. The molecule has 0 aliphatic rings. The molecular weight excluding hydrogens is 416 g/mol. The van der Waals surface area contributed by atoms with Crippen LogP contribution in [0.4, 0.5) is 23.2 Å². The summed E-state index contributed by atoms with van der Waals surface area (Å²) in [5, 5.41) is 2.93. The maximum absolute atomic E-state index is 13.4. The first kappa shape index (κ1) is 20.8. The van der Waals surface area contributed by atoms with Crippen LogP contribution in [0, 0.1) is 12.7 Å². The Balaban J connectivity index is 1.76. The number of benzene rings is 2. The van der Waals surface area contributed by atoms with Gasteiger partial charge in [0.2, 0.25) is 10.0 Å². The van der Waals surface area contributed by atoms with Crippen LogP contribution in [0.3, 0.4) is 0 Å². The first-order chi connectivity index (χ1) is 13.5. The molecule has 0 atom stereocenters. The molecule has 6 nitrogen and oxygen atoms in total. The Kier molecular flexibility index (Phi) is 5.37. The molecule has 2 aromatic carbocycles. The summed E-state index contributed by atoms with van der Waals surface area (Å²) in [5.41, 5.74) is 0.939. The fourth-order valence-corrected chi connectivity index (χ4v) is 3.59.